The Morgan fingerprint density at radius 3 is 2.63 bits per heavy atom. The van der Waals surface area contributed by atoms with Crippen molar-refractivity contribution in [1.29, 1.82) is 0 Å². The molecule has 2 atom stereocenters. The van der Waals surface area contributed by atoms with Crippen molar-refractivity contribution < 1.29 is 4.74 Å². The van der Waals surface area contributed by atoms with E-state index in [9.17, 15) is 0 Å². The summed E-state index contributed by atoms with van der Waals surface area (Å²) in [4.78, 5) is 2.65. The number of hydrogen-bond acceptors (Lipinski definition) is 3. The van der Waals surface area contributed by atoms with E-state index >= 15 is 0 Å². The molecule has 19 heavy (non-hydrogen) atoms. The van der Waals surface area contributed by atoms with Gasteiger partial charge in [-0.2, -0.15) is 0 Å². The van der Waals surface area contributed by atoms with Crippen LogP contribution >= 0.6 is 0 Å². The Morgan fingerprint density at radius 1 is 1.26 bits per heavy atom. The second-order valence-corrected chi connectivity index (χ2v) is 6.72. The van der Waals surface area contributed by atoms with Crippen molar-refractivity contribution >= 4 is 0 Å². The lowest BCUT2D eigenvalue weighted by molar-refractivity contribution is -0.0601. The molecule has 0 amide bonds. The molecule has 0 spiro atoms. The Bertz CT molecular complexity index is 263. The fourth-order valence-electron chi connectivity index (χ4n) is 3.80. The van der Waals surface area contributed by atoms with Crippen molar-refractivity contribution in [3.63, 3.8) is 0 Å². The van der Waals surface area contributed by atoms with E-state index in [1.807, 2.05) is 0 Å². The van der Waals surface area contributed by atoms with Crippen LogP contribution in [0.1, 0.15) is 58.8 Å². The molecule has 1 aliphatic carbocycles. The van der Waals surface area contributed by atoms with Crippen LogP contribution in [0.2, 0.25) is 0 Å². The third-order valence-electron chi connectivity index (χ3n) is 5.33. The van der Waals surface area contributed by atoms with Crippen LogP contribution in [-0.2, 0) is 4.74 Å². The van der Waals surface area contributed by atoms with Gasteiger partial charge in [0.25, 0.3) is 0 Å². The van der Waals surface area contributed by atoms with Crippen LogP contribution < -0.4 is 5.73 Å². The predicted molar refractivity (Wildman–Crippen MR) is 80.3 cm³/mol. The molecule has 1 saturated heterocycles. The van der Waals surface area contributed by atoms with Crippen LogP contribution in [0.3, 0.4) is 0 Å². The third kappa shape index (κ3) is 3.93. The second-order valence-electron chi connectivity index (χ2n) is 6.72. The van der Waals surface area contributed by atoms with Crippen molar-refractivity contribution in [2.75, 3.05) is 26.2 Å². The molecule has 0 aromatic carbocycles. The first-order valence-electron chi connectivity index (χ1n) is 8.25. The smallest absolute Gasteiger partial charge is 0.0674 e. The van der Waals surface area contributed by atoms with E-state index in [0.29, 0.717) is 17.6 Å². The molecule has 0 aromatic rings. The van der Waals surface area contributed by atoms with Crippen molar-refractivity contribution in [2.45, 2.75) is 70.9 Å². The predicted octanol–water partition coefficient (Wildman–Crippen LogP) is 2.79. The van der Waals surface area contributed by atoms with E-state index in [-0.39, 0.29) is 0 Å². The van der Waals surface area contributed by atoms with Crippen LogP contribution in [-0.4, -0.2) is 43.3 Å². The largest absolute Gasteiger partial charge is 0.376 e. The molecule has 112 valence electrons. The summed E-state index contributed by atoms with van der Waals surface area (Å²) in [5.41, 5.74) is 6.55. The quantitative estimate of drug-likeness (QED) is 0.833. The van der Waals surface area contributed by atoms with E-state index in [1.54, 1.807) is 0 Å². The molecular weight excluding hydrogens is 236 g/mol. The Morgan fingerprint density at radius 2 is 2.00 bits per heavy atom. The average molecular weight is 268 g/mol. The maximum absolute atomic E-state index is 6.11. The summed E-state index contributed by atoms with van der Waals surface area (Å²) in [6, 6.07) is 0.620. The minimum absolute atomic E-state index is 0.392. The molecular formula is C16H32N2O. The number of rotatable bonds is 5. The highest BCUT2D eigenvalue weighted by Crippen LogP contribution is 2.38. The Labute approximate surface area is 118 Å². The van der Waals surface area contributed by atoms with E-state index in [1.165, 1.54) is 51.5 Å². The van der Waals surface area contributed by atoms with Gasteiger partial charge in [-0.1, -0.05) is 26.2 Å². The molecule has 2 aliphatic rings. The van der Waals surface area contributed by atoms with Crippen molar-refractivity contribution in [3.05, 3.63) is 0 Å². The topological polar surface area (TPSA) is 38.5 Å². The first-order chi connectivity index (χ1) is 9.19. The minimum atomic E-state index is 0.392. The van der Waals surface area contributed by atoms with Gasteiger partial charge in [0, 0.05) is 12.6 Å². The van der Waals surface area contributed by atoms with Gasteiger partial charge < -0.3 is 10.5 Å². The summed E-state index contributed by atoms with van der Waals surface area (Å²) in [6.07, 6.45) is 9.74. The molecule has 0 radical (unpaired) electrons. The molecule has 1 saturated carbocycles. The van der Waals surface area contributed by atoms with Gasteiger partial charge in [0.15, 0.2) is 0 Å². The summed E-state index contributed by atoms with van der Waals surface area (Å²) in [5.74, 6) is 0. The molecule has 2 N–H and O–H groups in total. The second kappa shape index (κ2) is 7.05. The Balaban J connectivity index is 1.87. The molecule has 3 nitrogen and oxygen atoms in total. The molecule has 2 rings (SSSR count). The fourth-order valence-corrected chi connectivity index (χ4v) is 3.80. The zero-order valence-corrected chi connectivity index (χ0v) is 12.9. The van der Waals surface area contributed by atoms with E-state index in [0.717, 1.165) is 19.7 Å². The van der Waals surface area contributed by atoms with E-state index in [2.05, 4.69) is 18.7 Å². The molecule has 2 fully saturated rings. The van der Waals surface area contributed by atoms with Crippen LogP contribution in [0.25, 0.3) is 0 Å². The maximum atomic E-state index is 6.11. The normalized spacial score (nSPS) is 32.4. The van der Waals surface area contributed by atoms with E-state index in [4.69, 9.17) is 10.5 Å². The SMILES string of the molecule is CCC1COC(C)CN1CCC1(CN)CCCCC1. The van der Waals surface area contributed by atoms with Crippen molar-refractivity contribution in [1.82, 2.24) is 4.90 Å². The zero-order valence-electron chi connectivity index (χ0n) is 12.9. The van der Waals surface area contributed by atoms with Crippen LogP contribution in [0.5, 0.6) is 0 Å². The number of nitrogens with zero attached hydrogens (tertiary/aromatic N) is 1. The molecule has 2 unspecified atom stereocenters. The van der Waals surface area contributed by atoms with Crippen LogP contribution in [0.15, 0.2) is 0 Å². The highest BCUT2D eigenvalue weighted by molar-refractivity contribution is 4.86. The van der Waals surface area contributed by atoms with Crippen LogP contribution in [0.4, 0.5) is 0 Å². The fraction of sp³-hybridized carbons (Fsp3) is 1.00. The van der Waals surface area contributed by atoms with Gasteiger partial charge in [-0.25, -0.2) is 0 Å². The van der Waals surface area contributed by atoms with Gasteiger partial charge >= 0.3 is 0 Å². The molecule has 1 heterocycles. The first kappa shape index (κ1) is 15.3. The first-order valence-corrected chi connectivity index (χ1v) is 8.25. The summed E-state index contributed by atoms with van der Waals surface area (Å²) in [7, 11) is 0. The summed E-state index contributed by atoms with van der Waals surface area (Å²) >= 11 is 0. The number of ether oxygens (including phenoxy) is 1. The van der Waals surface area contributed by atoms with Gasteiger partial charge in [0.1, 0.15) is 0 Å². The van der Waals surface area contributed by atoms with Crippen molar-refractivity contribution in [3.8, 4) is 0 Å². The lowest BCUT2D eigenvalue weighted by Crippen LogP contribution is -2.50. The number of morpholine rings is 1. The lowest BCUT2D eigenvalue weighted by Gasteiger charge is -2.42. The van der Waals surface area contributed by atoms with Gasteiger partial charge in [-0.05, 0) is 51.1 Å². The van der Waals surface area contributed by atoms with Gasteiger partial charge in [-0.3, -0.25) is 4.90 Å². The summed E-state index contributed by atoms with van der Waals surface area (Å²) in [5, 5.41) is 0. The summed E-state index contributed by atoms with van der Waals surface area (Å²) in [6.45, 7) is 8.56. The molecule has 0 bridgehead atoms. The highest BCUT2D eigenvalue weighted by Gasteiger charge is 2.33. The van der Waals surface area contributed by atoms with Crippen molar-refractivity contribution in [2.24, 2.45) is 11.1 Å². The monoisotopic (exact) mass is 268 g/mol. The maximum Gasteiger partial charge on any atom is 0.0674 e. The molecule has 0 aromatic heterocycles. The number of hydrogen-bond donors (Lipinski definition) is 1. The third-order valence-corrected chi connectivity index (χ3v) is 5.33. The Hall–Kier alpha value is -0.120. The van der Waals surface area contributed by atoms with Gasteiger partial charge in [0.05, 0.1) is 12.7 Å². The number of nitrogens with two attached hydrogens (primary N) is 1. The van der Waals surface area contributed by atoms with Gasteiger partial charge in [-0.15, -0.1) is 0 Å². The summed E-state index contributed by atoms with van der Waals surface area (Å²) < 4.78 is 5.79. The molecule has 3 heteroatoms. The van der Waals surface area contributed by atoms with Crippen LogP contribution in [0, 0.1) is 5.41 Å². The average Bonchev–Trinajstić information content (AvgIpc) is 2.46. The standard InChI is InChI=1S/C16H32N2O/c1-3-15-12-19-14(2)11-18(15)10-9-16(13-17)7-5-4-6-8-16/h14-15H,3-13,17H2,1-2H3. The van der Waals surface area contributed by atoms with E-state index < -0.39 is 0 Å². The Kier molecular flexibility index (Phi) is 5.67. The minimum Gasteiger partial charge on any atom is -0.376 e. The zero-order chi connectivity index (χ0) is 13.7. The van der Waals surface area contributed by atoms with Gasteiger partial charge in [0.2, 0.25) is 0 Å². The lowest BCUT2D eigenvalue weighted by atomic mass is 9.72. The highest BCUT2D eigenvalue weighted by atomic mass is 16.5. The molecule has 1 aliphatic heterocycles.